The Bertz CT molecular complexity index is 301. The molecule has 12 heavy (non-hydrogen) atoms. The van der Waals surface area contributed by atoms with E-state index in [0.717, 1.165) is 10.0 Å². The van der Waals surface area contributed by atoms with E-state index in [1.807, 2.05) is 24.3 Å². The van der Waals surface area contributed by atoms with Gasteiger partial charge >= 0.3 is 0 Å². The van der Waals surface area contributed by atoms with Gasteiger partial charge in [-0.25, -0.2) is 0 Å². The summed E-state index contributed by atoms with van der Waals surface area (Å²) in [6, 6.07) is 7.76. The first-order valence-corrected chi connectivity index (χ1v) is 4.32. The quantitative estimate of drug-likeness (QED) is 0.703. The maximum Gasteiger partial charge on any atom is 0.143 e. The van der Waals surface area contributed by atoms with Crippen molar-refractivity contribution in [3.8, 4) is 12.3 Å². The first-order valence-electron chi connectivity index (χ1n) is 3.53. The number of halogens is 1. The predicted octanol–water partition coefficient (Wildman–Crippen LogP) is 2.77. The Morgan fingerprint density at radius 1 is 1.50 bits per heavy atom. The van der Waals surface area contributed by atoms with E-state index in [1.54, 1.807) is 7.11 Å². The highest BCUT2D eigenvalue weighted by Gasteiger charge is 2.08. The molecule has 0 fully saturated rings. The van der Waals surface area contributed by atoms with Crippen molar-refractivity contribution in [3.05, 3.63) is 34.3 Å². The molecular formula is C10H9BrO. The molecule has 0 aliphatic carbocycles. The van der Waals surface area contributed by atoms with Gasteiger partial charge in [0, 0.05) is 17.1 Å². The molecule has 1 nitrogen and oxygen atoms in total. The van der Waals surface area contributed by atoms with Crippen LogP contribution in [-0.4, -0.2) is 7.11 Å². The van der Waals surface area contributed by atoms with E-state index < -0.39 is 0 Å². The molecule has 0 saturated carbocycles. The van der Waals surface area contributed by atoms with Crippen LogP contribution in [0.4, 0.5) is 0 Å². The standard InChI is InChI=1S/C10H9BrO/c1-3-10(12-2)8-6-4-5-7-9(8)11/h1,4-7,10H,2H3/t10-/m1/s1. The predicted molar refractivity (Wildman–Crippen MR) is 52.7 cm³/mol. The second-order valence-electron chi connectivity index (χ2n) is 2.30. The summed E-state index contributed by atoms with van der Waals surface area (Å²) < 4.78 is 6.08. The zero-order valence-electron chi connectivity index (χ0n) is 6.75. The van der Waals surface area contributed by atoms with Crippen LogP contribution in [0.1, 0.15) is 11.7 Å². The third-order valence-corrected chi connectivity index (χ3v) is 2.30. The average molecular weight is 225 g/mol. The lowest BCUT2D eigenvalue weighted by Crippen LogP contribution is -1.98. The number of rotatable bonds is 2. The summed E-state index contributed by atoms with van der Waals surface area (Å²) >= 11 is 3.40. The SMILES string of the molecule is C#C[C@@H](OC)c1ccccc1Br. The summed E-state index contributed by atoms with van der Waals surface area (Å²) in [6.07, 6.45) is 5.03. The van der Waals surface area contributed by atoms with Crippen molar-refractivity contribution in [2.45, 2.75) is 6.10 Å². The Labute approximate surface area is 80.9 Å². The molecule has 1 aromatic rings. The van der Waals surface area contributed by atoms with Gasteiger partial charge in [-0.1, -0.05) is 40.0 Å². The fourth-order valence-electron chi connectivity index (χ4n) is 0.973. The molecule has 0 N–H and O–H groups in total. The molecule has 0 bridgehead atoms. The van der Waals surface area contributed by atoms with E-state index >= 15 is 0 Å². The van der Waals surface area contributed by atoms with Gasteiger partial charge in [0.25, 0.3) is 0 Å². The van der Waals surface area contributed by atoms with Gasteiger partial charge in [-0.2, -0.15) is 0 Å². The van der Waals surface area contributed by atoms with Crippen LogP contribution < -0.4 is 0 Å². The molecule has 1 atom stereocenters. The summed E-state index contributed by atoms with van der Waals surface area (Å²) in [4.78, 5) is 0. The largest absolute Gasteiger partial charge is 0.364 e. The molecule has 62 valence electrons. The third kappa shape index (κ3) is 1.88. The molecule has 0 spiro atoms. The number of ether oxygens (including phenoxy) is 1. The lowest BCUT2D eigenvalue weighted by molar-refractivity contribution is 0.150. The molecule has 2 heteroatoms. The Morgan fingerprint density at radius 3 is 2.67 bits per heavy atom. The second kappa shape index (κ2) is 4.30. The van der Waals surface area contributed by atoms with E-state index in [9.17, 15) is 0 Å². The lowest BCUT2D eigenvalue weighted by atomic mass is 10.1. The van der Waals surface area contributed by atoms with Crippen LogP contribution in [0.3, 0.4) is 0 Å². The molecule has 0 amide bonds. The van der Waals surface area contributed by atoms with Crippen molar-refractivity contribution >= 4 is 15.9 Å². The summed E-state index contributed by atoms with van der Waals surface area (Å²) in [5.41, 5.74) is 0.988. The molecule has 1 aromatic carbocycles. The molecule has 0 aromatic heterocycles. The Morgan fingerprint density at radius 2 is 2.17 bits per heavy atom. The molecule has 1 rings (SSSR count). The highest BCUT2D eigenvalue weighted by atomic mass is 79.9. The second-order valence-corrected chi connectivity index (χ2v) is 3.16. The van der Waals surface area contributed by atoms with Crippen LogP contribution in [0.2, 0.25) is 0 Å². The van der Waals surface area contributed by atoms with E-state index in [0.29, 0.717) is 0 Å². The van der Waals surface area contributed by atoms with Crippen molar-refractivity contribution in [1.29, 1.82) is 0 Å². The third-order valence-electron chi connectivity index (χ3n) is 1.57. The van der Waals surface area contributed by atoms with Gasteiger partial charge in [0.2, 0.25) is 0 Å². The lowest BCUT2D eigenvalue weighted by Gasteiger charge is -2.09. The van der Waals surface area contributed by atoms with Crippen molar-refractivity contribution in [2.24, 2.45) is 0 Å². The number of hydrogen-bond donors (Lipinski definition) is 0. The van der Waals surface area contributed by atoms with Gasteiger partial charge in [-0.15, -0.1) is 6.42 Å². The Kier molecular flexibility index (Phi) is 3.33. The molecule has 0 unspecified atom stereocenters. The molecule has 0 saturated heterocycles. The maximum absolute atomic E-state index is 5.29. The van der Waals surface area contributed by atoms with Gasteiger partial charge in [0.05, 0.1) is 0 Å². The van der Waals surface area contributed by atoms with Crippen LogP contribution in [0.15, 0.2) is 28.7 Å². The minimum absolute atomic E-state index is 0.263. The van der Waals surface area contributed by atoms with Gasteiger partial charge in [0.15, 0.2) is 0 Å². The van der Waals surface area contributed by atoms with Gasteiger partial charge in [-0.05, 0) is 6.07 Å². The first kappa shape index (κ1) is 9.31. The molecule has 0 heterocycles. The minimum atomic E-state index is -0.263. The van der Waals surface area contributed by atoms with Gasteiger partial charge in [0.1, 0.15) is 6.10 Å². The molecule has 0 aliphatic rings. The molecular weight excluding hydrogens is 216 g/mol. The van der Waals surface area contributed by atoms with E-state index in [4.69, 9.17) is 11.2 Å². The van der Waals surface area contributed by atoms with Gasteiger partial charge in [-0.3, -0.25) is 0 Å². The van der Waals surface area contributed by atoms with Crippen LogP contribution in [0.5, 0.6) is 0 Å². The number of benzene rings is 1. The summed E-state index contributed by atoms with van der Waals surface area (Å²) in [7, 11) is 1.60. The van der Waals surface area contributed by atoms with E-state index in [2.05, 4.69) is 21.9 Å². The minimum Gasteiger partial charge on any atom is -0.364 e. The smallest absolute Gasteiger partial charge is 0.143 e. The van der Waals surface area contributed by atoms with Crippen molar-refractivity contribution in [3.63, 3.8) is 0 Å². The topological polar surface area (TPSA) is 9.23 Å². The summed E-state index contributed by atoms with van der Waals surface area (Å²) in [6.45, 7) is 0. The van der Waals surface area contributed by atoms with E-state index in [1.165, 1.54) is 0 Å². The maximum atomic E-state index is 5.29. The number of hydrogen-bond acceptors (Lipinski definition) is 1. The van der Waals surface area contributed by atoms with Crippen LogP contribution in [-0.2, 0) is 4.74 Å². The zero-order chi connectivity index (χ0) is 8.97. The summed E-state index contributed by atoms with van der Waals surface area (Å²) in [5.74, 6) is 2.56. The van der Waals surface area contributed by atoms with Crippen molar-refractivity contribution < 1.29 is 4.74 Å². The molecule has 0 radical (unpaired) electrons. The number of methoxy groups -OCH3 is 1. The van der Waals surface area contributed by atoms with Crippen LogP contribution in [0, 0.1) is 12.3 Å². The van der Waals surface area contributed by atoms with Crippen LogP contribution in [0.25, 0.3) is 0 Å². The van der Waals surface area contributed by atoms with E-state index in [-0.39, 0.29) is 6.10 Å². The fourth-order valence-corrected chi connectivity index (χ4v) is 1.47. The van der Waals surface area contributed by atoms with Crippen molar-refractivity contribution in [1.82, 2.24) is 0 Å². The van der Waals surface area contributed by atoms with Gasteiger partial charge < -0.3 is 4.74 Å². The molecule has 0 aliphatic heterocycles. The highest BCUT2D eigenvalue weighted by Crippen LogP contribution is 2.24. The monoisotopic (exact) mass is 224 g/mol. The summed E-state index contributed by atoms with van der Waals surface area (Å²) in [5, 5.41) is 0. The normalized spacial score (nSPS) is 12.1. The first-order chi connectivity index (χ1) is 5.79. The average Bonchev–Trinajstić information content (AvgIpc) is 2.10. The fraction of sp³-hybridized carbons (Fsp3) is 0.200. The number of terminal acetylenes is 1. The zero-order valence-corrected chi connectivity index (χ0v) is 8.34. The highest BCUT2D eigenvalue weighted by molar-refractivity contribution is 9.10. The Balaban J connectivity index is 3.02. The van der Waals surface area contributed by atoms with Crippen LogP contribution >= 0.6 is 15.9 Å². The Hall–Kier alpha value is -0.780. The van der Waals surface area contributed by atoms with Crippen molar-refractivity contribution in [2.75, 3.05) is 7.11 Å².